The van der Waals surface area contributed by atoms with Gasteiger partial charge in [-0.2, -0.15) is 0 Å². The van der Waals surface area contributed by atoms with Gasteiger partial charge in [0, 0.05) is 0 Å². The second kappa shape index (κ2) is 1.97. The third kappa shape index (κ3) is 0.923. The van der Waals surface area contributed by atoms with Crippen LogP contribution in [-0.4, -0.2) is 0 Å². The van der Waals surface area contributed by atoms with Crippen molar-refractivity contribution in [1.82, 2.24) is 0 Å². The molecule has 0 nitrogen and oxygen atoms in total. The normalized spacial score (nSPS) is 24.4. The summed E-state index contributed by atoms with van der Waals surface area (Å²) in [6.45, 7) is 2.09. The highest BCUT2D eigenvalue weighted by atomic mass is 14.0. The predicted molar refractivity (Wildman–Crippen MR) is 32.1 cm³/mol. The van der Waals surface area contributed by atoms with E-state index in [0.717, 1.165) is 0 Å². The second-order valence-electron chi connectivity index (χ2n) is 1.80. The molecule has 0 heteroatoms. The quantitative estimate of drug-likeness (QED) is 0.432. The van der Waals surface area contributed by atoms with E-state index >= 15 is 0 Å². The van der Waals surface area contributed by atoms with E-state index in [-0.39, 0.29) is 0 Å². The lowest BCUT2D eigenvalue weighted by Crippen LogP contribution is -1.64. The first-order valence-electron chi connectivity index (χ1n) is 2.75. The molecule has 1 rings (SSSR count). The lowest BCUT2D eigenvalue weighted by atomic mass is 10.2. The minimum atomic E-state index is 1.25. The number of allylic oxidation sites excluding steroid dienone is 4. The van der Waals surface area contributed by atoms with Gasteiger partial charge >= 0.3 is 0 Å². The zero-order chi connectivity index (χ0) is 5.11. The van der Waals surface area contributed by atoms with Crippen LogP contribution in [0.15, 0.2) is 23.8 Å². The fraction of sp³-hybridized carbons (Fsp3) is 0.429. The number of hydrogen-bond donors (Lipinski definition) is 0. The van der Waals surface area contributed by atoms with E-state index in [1.165, 1.54) is 18.4 Å². The molecule has 0 aromatic rings. The zero-order valence-electron chi connectivity index (χ0n) is 4.65. The Labute approximate surface area is 44.5 Å². The molecule has 7 heavy (non-hydrogen) atoms. The van der Waals surface area contributed by atoms with Gasteiger partial charge in [-0.3, -0.25) is 0 Å². The molecule has 1 aliphatic rings. The van der Waals surface area contributed by atoms with Crippen LogP contribution in [0, 0.1) is 0 Å². The molecule has 1 aliphatic carbocycles. The molecule has 0 amide bonds. The van der Waals surface area contributed by atoms with Gasteiger partial charge in [0.1, 0.15) is 0 Å². The van der Waals surface area contributed by atoms with Gasteiger partial charge in [0.2, 0.25) is 0 Å². The smallest absolute Gasteiger partial charge is 0.0247 e. The predicted octanol–water partition coefficient (Wildman–Crippen LogP) is 2.28. The van der Waals surface area contributed by atoms with E-state index in [1.807, 2.05) is 0 Å². The molecule has 0 fully saturated rings. The van der Waals surface area contributed by atoms with E-state index in [2.05, 4.69) is 25.2 Å². The van der Waals surface area contributed by atoms with Crippen LogP contribution in [0.25, 0.3) is 0 Å². The topological polar surface area (TPSA) is 0 Å². The molecule has 0 aliphatic heterocycles. The average Bonchev–Trinajstić information content (AvgIpc) is 2.14. The first kappa shape index (κ1) is 4.63. The largest absolute Gasteiger partial charge is 0.0844 e. The van der Waals surface area contributed by atoms with Gasteiger partial charge in [0.15, 0.2) is 0 Å². The molecule has 0 saturated carbocycles. The van der Waals surface area contributed by atoms with Crippen LogP contribution < -0.4 is 0 Å². The Kier molecular flexibility index (Phi) is 1.30. The summed E-state index contributed by atoms with van der Waals surface area (Å²) >= 11 is 0. The monoisotopic (exact) mass is 94.1 g/mol. The van der Waals surface area contributed by atoms with Gasteiger partial charge in [0.05, 0.1) is 0 Å². The van der Waals surface area contributed by atoms with E-state index in [9.17, 15) is 0 Å². The van der Waals surface area contributed by atoms with Crippen LogP contribution >= 0.6 is 0 Å². The molecule has 0 aromatic heterocycles. The summed E-state index contributed by atoms with van der Waals surface area (Å²) in [5.74, 6) is 0. The van der Waals surface area contributed by atoms with Crippen molar-refractivity contribution in [2.75, 3.05) is 0 Å². The van der Waals surface area contributed by atoms with Crippen molar-refractivity contribution in [3.05, 3.63) is 23.8 Å². The Morgan fingerprint density at radius 3 is 2.86 bits per heavy atom. The van der Waals surface area contributed by atoms with Crippen LogP contribution in [0.3, 0.4) is 0 Å². The van der Waals surface area contributed by atoms with Gasteiger partial charge in [-0.1, -0.05) is 23.8 Å². The van der Waals surface area contributed by atoms with E-state index in [1.54, 1.807) is 0 Å². The van der Waals surface area contributed by atoms with Crippen LogP contribution in [0.1, 0.15) is 19.8 Å². The fourth-order valence-electron chi connectivity index (χ4n) is 0.809. The maximum Gasteiger partial charge on any atom is -0.0247 e. The summed E-state index contributed by atoms with van der Waals surface area (Å²) in [6.07, 6.45) is 9.09. The van der Waals surface area contributed by atoms with Crippen molar-refractivity contribution in [3.8, 4) is 0 Å². The molecular formula is C7H10. The maximum absolute atomic E-state index is 2.22. The Bertz CT molecular complexity index is 104. The van der Waals surface area contributed by atoms with Gasteiger partial charge in [-0.15, -0.1) is 0 Å². The molecule has 0 saturated heterocycles. The molecule has 0 atom stereocenters. The van der Waals surface area contributed by atoms with Crippen molar-refractivity contribution in [3.63, 3.8) is 0 Å². The molecule has 0 spiro atoms. The molecule has 38 valence electrons. The summed E-state index contributed by atoms with van der Waals surface area (Å²) in [5, 5.41) is 0. The molecular weight excluding hydrogens is 84.1 g/mol. The summed E-state index contributed by atoms with van der Waals surface area (Å²) in [5.41, 5.74) is 1.49. The lowest BCUT2D eigenvalue weighted by Gasteiger charge is -1.83. The van der Waals surface area contributed by atoms with Crippen molar-refractivity contribution < 1.29 is 0 Å². The molecule has 0 bridgehead atoms. The Morgan fingerprint density at radius 1 is 1.71 bits per heavy atom. The Hall–Kier alpha value is -0.520. The second-order valence-corrected chi connectivity index (χ2v) is 1.80. The Balaban J connectivity index is 2.59. The summed E-state index contributed by atoms with van der Waals surface area (Å²) < 4.78 is 0. The molecule has 0 unspecified atom stereocenters. The minimum absolute atomic E-state index is 1.25. The van der Waals surface area contributed by atoms with Crippen molar-refractivity contribution in [1.29, 1.82) is 0 Å². The van der Waals surface area contributed by atoms with Gasteiger partial charge in [-0.05, 0) is 19.8 Å². The lowest BCUT2D eigenvalue weighted by molar-refractivity contribution is 1.06. The van der Waals surface area contributed by atoms with Crippen LogP contribution in [0.5, 0.6) is 0 Å². The van der Waals surface area contributed by atoms with Crippen molar-refractivity contribution in [2.24, 2.45) is 0 Å². The van der Waals surface area contributed by atoms with Gasteiger partial charge in [0.25, 0.3) is 0 Å². The summed E-state index contributed by atoms with van der Waals surface area (Å²) in [4.78, 5) is 0. The number of hydrogen-bond acceptors (Lipinski definition) is 0. The molecule has 0 heterocycles. The highest BCUT2D eigenvalue weighted by molar-refractivity contribution is 5.23. The maximum atomic E-state index is 2.22. The van der Waals surface area contributed by atoms with E-state index in [4.69, 9.17) is 0 Å². The SMILES string of the molecule is C/C=C1/C=CCC1. The highest BCUT2D eigenvalue weighted by Crippen LogP contribution is 2.14. The zero-order valence-corrected chi connectivity index (χ0v) is 4.65. The van der Waals surface area contributed by atoms with Crippen LogP contribution in [0.2, 0.25) is 0 Å². The van der Waals surface area contributed by atoms with Gasteiger partial charge in [-0.25, -0.2) is 0 Å². The first-order chi connectivity index (χ1) is 3.43. The minimum Gasteiger partial charge on any atom is -0.0844 e. The van der Waals surface area contributed by atoms with Crippen LogP contribution in [-0.2, 0) is 0 Å². The van der Waals surface area contributed by atoms with Crippen molar-refractivity contribution >= 4 is 0 Å². The summed E-state index contributed by atoms with van der Waals surface area (Å²) in [6, 6.07) is 0. The molecule has 0 N–H and O–H groups in total. The van der Waals surface area contributed by atoms with Gasteiger partial charge < -0.3 is 0 Å². The fourth-order valence-corrected chi connectivity index (χ4v) is 0.809. The molecule has 0 radical (unpaired) electrons. The summed E-state index contributed by atoms with van der Waals surface area (Å²) in [7, 11) is 0. The van der Waals surface area contributed by atoms with E-state index < -0.39 is 0 Å². The third-order valence-corrected chi connectivity index (χ3v) is 1.30. The standard InChI is InChI=1S/C7H10/c1-2-7-5-3-4-6-7/h2-3,5H,4,6H2,1H3/b7-2-. The highest BCUT2D eigenvalue weighted by Gasteiger charge is 1.94. The Morgan fingerprint density at radius 2 is 2.57 bits per heavy atom. The molecule has 0 aromatic carbocycles. The third-order valence-electron chi connectivity index (χ3n) is 1.30. The van der Waals surface area contributed by atoms with E-state index in [0.29, 0.717) is 0 Å². The van der Waals surface area contributed by atoms with Crippen molar-refractivity contribution in [2.45, 2.75) is 19.8 Å². The number of rotatable bonds is 0. The average molecular weight is 94.2 g/mol. The first-order valence-corrected chi connectivity index (χ1v) is 2.75. The van der Waals surface area contributed by atoms with Crippen LogP contribution in [0.4, 0.5) is 0 Å².